The van der Waals surface area contributed by atoms with E-state index in [0.717, 1.165) is 12.1 Å². The predicted octanol–water partition coefficient (Wildman–Crippen LogP) is 5.48. The van der Waals surface area contributed by atoms with Gasteiger partial charge < -0.3 is 0 Å². The Labute approximate surface area is 122 Å². The van der Waals surface area contributed by atoms with Crippen molar-refractivity contribution < 1.29 is 13.2 Å². The minimum Gasteiger partial charge on any atom is -0.207 e. The molecule has 0 aromatic heterocycles. The summed E-state index contributed by atoms with van der Waals surface area (Å²) in [5.41, 5.74) is 0. The van der Waals surface area contributed by atoms with Crippen LogP contribution < -0.4 is 0 Å². The lowest BCUT2D eigenvalue weighted by molar-refractivity contribution is 0.508. The molecule has 0 unspecified atom stereocenters. The Morgan fingerprint density at radius 3 is 0.905 bits per heavy atom. The van der Waals surface area contributed by atoms with Gasteiger partial charge in [0.15, 0.2) is 11.6 Å². The summed E-state index contributed by atoms with van der Waals surface area (Å²) in [7, 11) is 0. The average Bonchev–Trinajstić information content (AvgIpc) is 2.54. The zero-order valence-electron chi connectivity index (χ0n) is 11.3. The molecule has 0 radical (unpaired) electrons. The van der Waals surface area contributed by atoms with Gasteiger partial charge in [0.2, 0.25) is 0 Å². The highest BCUT2D eigenvalue weighted by Crippen LogP contribution is 2.01. The first-order chi connectivity index (χ1) is 10.2. The lowest BCUT2D eigenvalue weighted by Crippen LogP contribution is -1.77. The van der Waals surface area contributed by atoms with Crippen molar-refractivity contribution >= 4 is 0 Å². The standard InChI is InChI=1S/C6H4F2.C6H5F.C6H6/c7-5-3-1-2-4-6(5)8;7-6-4-2-1-3-5-6;1-2-4-6-5-3-1/h1-4H;1-5H;1-6H. The van der Waals surface area contributed by atoms with E-state index in [9.17, 15) is 13.2 Å². The summed E-state index contributed by atoms with van der Waals surface area (Å²) in [4.78, 5) is 0. The number of benzene rings is 3. The molecule has 0 fully saturated rings. The van der Waals surface area contributed by atoms with Crippen molar-refractivity contribution in [2.45, 2.75) is 0 Å². The van der Waals surface area contributed by atoms with Gasteiger partial charge in [-0.2, -0.15) is 0 Å². The highest BCUT2D eigenvalue weighted by Gasteiger charge is 1.93. The highest BCUT2D eigenvalue weighted by molar-refractivity contribution is 5.05. The van der Waals surface area contributed by atoms with Gasteiger partial charge in [0.05, 0.1) is 0 Å². The third-order valence-electron chi connectivity index (χ3n) is 2.22. The van der Waals surface area contributed by atoms with Crippen LogP contribution in [-0.4, -0.2) is 0 Å². The van der Waals surface area contributed by atoms with E-state index in [0.29, 0.717) is 0 Å². The molecule has 3 aromatic rings. The second-order valence-electron chi connectivity index (χ2n) is 3.86. The van der Waals surface area contributed by atoms with Crippen LogP contribution >= 0.6 is 0 Å². The summed E-state index contributed by atoms with van der Waals surface area (Å²) in [6.45, 7) is 0. The summed E-state index contributed by atoms with van der Waals surface area (Å²) in [5, 5.41) is 0. The third kappa shape index (κ3) is 8.26. The topological polar surface area (TPSA) is 0 Å². The van der Waals surface area contributed by atoms with E-state index in [1.165, 1.54) is 24.3 Å². The Kier molecular flexibility index (Phi) is 8.07. The molecule has 0 amide bonds. The minimum atomic E-state index is -0.799. The van der Waals surface area contributed by atoms with Gasteiger partial charge in [-0.25, -0.2) is 13.2 Å². The van der Waals surface area contributed by atoms with Crippen molar-refractivity contribution in [3.8, 4) is 0 Å². The van der Waals surface area contributed by atoms with E-state index < -0.39 is 11.6 Å². The van der Waals surface area contributed by atoms with Crippen molar-refractivity contribution in [3.63, 3.8) is 0 Å². The van der Waals surface area contributed by atoms with Gasteiger partial charge in [-0.3, -0.25) is 0 Å². The first-order valence-electron chi connectivity index (χ1n) is 6.30. The third-order valence-corrected chi connectivity index (χ3v) is 2.22. The molecule has 0 spiro atoms. The van der Waals surface area contributed by atoms with E-state index in [2.05, 4.69) is 0 Å². The largest absolute Gasteiger partial charge is 0.207 e. The molecule has 0 heterocycles. The Balaban J connectivity index is 0.000000159. The van der Waals surface area contributed by atoms with Gasteiger partial charge in [0.25, 0.3) is 0 Å². The molecule has 0 bridgehead atoms. The van der Waals surface area contributed by atoms with Crippen LogP contribution in [0.5, 0.6) is 0 Å². The molecule has 3 aromatic carbocycles. The van der Waals surface area contributed by atoms with Crippen LogP contribution in [0.25, 0.3) is 0 Å². The first kappa shape index (κ1) is 16.5. The summed E-state index contributed by atoms with van der Waals surface area (Å²) < 4.78 is 35.8. The van der Waals surface area contributed by atoms with Gasteiger partial charge in [-0.15, -0.1) is 0 Å². The number of hydrogen-bond donors (Lipinski definition) is 0. The second-order valence-corrected chi connectivity index (χ2v) is 3.86. The lowest BCUT2D eigenvalue weighted by atomic mass is 10.3. The number of hydrogen-bond acceptors (Lipinski definition) is 0. The van der Waals surface area contributed by atoms with E-state index in [4.69, 9.17) is 0 Å². The van der Waals surface area contributed by atoms with Crippen LogP contribution in [0.3, 0.4) is 0 Å². The highest BCUT2D eigenvalue weighted by atomic mass is 19.2. The van der Waals surface area contributed by atoms with Crippen molar-refractivity contribution in [3.05, 3.63) is 108 Å². The first-order valence-corrected chi connectivity index (χ1v) is 6.30. The predicted molar refractivity (Wildman–Crippen MR) is 79.2 cm³/mol. The van der Waals surface area contributed by atoms with Crippen LogP contribution in [0, 0.1) is 17.5 Å². The summed E-state index contributed by atoms with van der Waals surface area (Å²) >= 11 is 0. The summed E-state index contributed by atoms with van der Waals surface area (Å²) in [6, 6.07) is 25.0. The molecule has 21 heavy (non-hydrogen) atoms. The fraction of sp³-hybridized carbons (Fsp3) is 0. The fourth-order valence-corrected chi connectivity index (χ4v) is 1.24. The van der Waals surface area contributed by atoms with E-state index in [1.54, 1.807) is 18.2 Å². The van der Waals surface area contributed by atoms with Gasteiger partial charge in [-0.1, -0.05) is 66.7 Å². The summed E-state index contributed by atoms with van der Waals surface area (Å²) in [6.07, 6.45) is 0. The van der Waals surface area contributed by atoms with Crippen LogP contribution in [0.4, 0.5) is 13.2 Å². The van der Waals surface area contributed by atoms with Crippen molar-refractivity contribution in [1.82, 2.24) is 0 Å². The Bertz CT molecular complexity index is 547. The average molecular weight is 288 g/mol. The quantitative estimate of drug-likeness (QED) is 0.514. The van der Waals surface area contributed by atoms with Crippen LogP contribution in [0.1, 0.15) is 0 Å². The molecule has 0 aliphatic rings. The van der Waals surface area contributed by atoms with Crippen molar-refractivity contribution in [2.75, 3.05) is 0 Å². The Morgan fingerprint density at radius 2 is 0.667 bits per heavy atom. The molecule has 0 aliphatic heterocycles. The van der Waals surface area contributed by atoms with Gasteiger partial charge in [-0.05, 0) is 24.3 Å². The Morgan fingerprint density at radius 1 is 0.381 bits per heavy atom. The molecule has 0 aliphatic carbocycles. The smallest absolute Gasteiger partial charge is 0.158 e. The van der Waals surface area contributed by atoms with Crippen LogP contribution in [0.15, 0.2) is 91.0 Å². The van der Waals surface area contributed by atoms with Crippen LogP contribution in [-0.2, 0) is 0 Å². The molecule has 3 rings (SSSR count). The molecule has 0 saturated heterocycles. The minimum absolute atomic E-state index is 0.178. The van der Waals surface area contributed by atoms with Gasteiger partial charge >= 0.3 is 0 Å². The SMILES string of the molecule is Fc1ccccc1.Fc1ccccc1F.c1ccccc1. The van der Waals surface area contributed by atoms with E-state index >= 15 is 0 Å². The monoisotopic (exact) mass is 288 g/mol. The lowest BCUT2D eigenvalue weighted by Gasteiger charge is -1.85. The maximum atomic E-state index is 11.9. The van der Waals surface area contributed by atoms with E-state index in [-0.39, 0.29) is 5.82 Å². The van der Waals surface area contributed by atoms with Gasteiger partial charge in [0.1, 0.15) is 5.82 Å². The molecule has 108 valence electrons. The maximum Gasteiger partial charge on any atom is 0.158 e. The molecule has 0 saturated carbocycles. The van der Waals surface area contributed by atoms with Crippen LogP contribution in [0.2, 0.25) is 0 Å². The Hall–Kier alpha value is -2.55. The number of rotatable bonds is 0. The number of halogens is 3. The molecule has 0 atom stereocenters. The zero-order chi connectivity index (χ0) is 15.3. The zero-order valence-corrected chi connectivity index (χ0v) is 11.3. The van der Waals surface area contributed by atoms with Crippen molar-refractivity contribution in [2.24, 2.45) is 0 Å². The molecule has 0 N–H and O–H groups in total. The molecular weight excluding hydrogens is 273 g/mol. The molecule has 3 heteroatoms. The fourth-order valence-electron chi connectivity index (χ4n) is 1.24. The molecular formula is C18H15F3. The summed E-state index contributed by atoms with van der Waals surface area (Å²) in [5.74, 6) is -1.78. The van der Waals surface area contributed by atoms with E-state index in [1.807, 2.05) is 36.4 Å². The normalized spacial score (nSPS) is 8.71. The maximum absolute atomic E-state index is 11.9. The molecule has 0 nitrogen and oxygen atoms in total. The second kappa shape index (κ2) is 10.3. The van der Waals surface area contributed by atoms with Gasteiger partial charge in [0, 0.05) is 0 Å². The van der Waals surface area contributed by atoms with Crippen molar-refractivity contribution in [1.29, 1.82) is 0 Å².